The molecule has 12 heavy (non-hydrogen) atoms. The molecule has 0 saturated carbocycles. The van der Waals surface area contributed by atoms with Gasteiger partial charge in [-0.1, -0.05) is 30.3 Å². The SMILES string of the molecule is C1=CCCC(c2ccccc2)C=1. The van der Waals surface area contributed by atoms with Crippen molar-refractivity contribution in [2.24, 2.45) is 0 Å². The summed E-state index contributed by atoms with van der Waals surface area (Å²) < 4.78 is 0. The minimum atomic E-state index is 0.594. The lowest BCUT2D eigenvalue weighted by molar-refractivity contribution is 0.739. The van der Waals surface area contributed by atoms with Gasteiger partial charge in [-0.2, -0.15) is 0 Å². The molecule has 1 unspecified atom stereocenters. The summed E-state index contributed by atoms with van der Waals surface area (Å²) in [6.45, 7) is 0. The van der Waals surface area contributed by atoms with Crippen LogP contribution in [0.4, 0.5) is 0 Å². The smallest absolute Gasteiger partial charge is 0.00969 e. The van der Waals surface area contributed by atoms with E-state index in [0.29, 0.717) is 5.92 Å². The third-order valence-electron chi connectivity index (χ3n) is 2.26. The summed E-state index contributed by atoms with van der Waals surface area (Å²) in [5.74, 6) is 0.594. The lowest BCUT2D eigenvalue weighted by Crippen LogP contribution is -1.95. The lowest BCUT2D eigenvalue weighted by Gasteiger charge is -2.12. The van der Waals surface area contributed by atoms with Crippen LogP contribution in [0.5, 0.6) is 0 Å². The van der Waals surface area contributed by atoms with Crippen molar-refractivity contribution in [3.8, 4) is 0 Å². The lowest BCUT2D eigenvalue weighted by atomic mass is 9.92. The predicted molar refractivity (Wildman–Crippen MR) is 51.1 cm³/mol. The van der Waals surface area contributed by atoms with Crippen LogP contribution in [0.2, 0.25) is 0 Å². The molecule has 1 aromatic rings. The quantitative estimate of drug-likeness (QED) is 0.547. The van der Waals surface area contributed by atoms with Gasteiger partial charge in [-0.25, -0.2) is 0 Å². The molecule has 60 valence electrons. The van der Waals surface area contributed by atoms with Crippen LogP contribution in [0.25, 0.3) is 0 Å². The largest absolute Gasteiger partial charge is 0.129 e. The van der Waals surface area contributed by atoms with Gasteiger partial charge >= 0.3 is 0 Å². The minimum absolute atomic E-state index is 0.594. The van der Waals surface area contributed by atoms with E-state index in [4.69, 9.17) is 0 Å². The van der Waals surface area contributed by atoms with Crippen molar-refractivity contribution in [1.29, 1.82) is 0 Å². The number of hydrogen-bond donors (Lipinski definition) is 0. The Kier molecular flexibility index (Phi) is 2.11. The van der Waals surface area contributed by atoms with Gasteiger partial charge in [-0.15, -0.1) is 5.73 Å². The van der Waals surface area contributed by atoms with Crippen molar-refractivity contribution in [3.05, 3.63) is 53.8 Å². The van der Waals surface area contributed by atoms with Crippen molar-refractivity contribution in [2.75, 3.05) is 0 Å². The number of rotatable bonds is 1. The molecule has 0 saturated heterocycles. The third-order valence-corrected chi connectivity index (χ3v) is 2.26. The molecule has 1 atom stereocenters. The molecule has 2 rings (SSSR count). The highest BCUT2D eigenvalue weighted by Crippen LogP contribution is 2.24. The Morgan fingerprint density at radius 2 is 2.00 bits per heavy atom. The maximum atomic E-state index is 3.18. The molecule has 0 amide bonds. The Hall–Kier alpha value is -1.26. The number of hydrogen-bond acceptors (Lipinski definition) is 0. The molecular weight excluding hydrogens is 144 g/mol. The maximum Gasteiger partial charge on any atom is 0.00969 e. The zero-order chi connectivity index (χ0) is 8.23. The molecule has 0 aliphatic heterocycles. The van der Waals surface area contributed by atoms with Gasteiger partial charge in [0.1, 0.15) is 0 Å². The fourth-order valence-electron chi connectivity index (χ4n) is 1.58. The van der Waals surface area contributed by atoms with Crippen LogP contribution < -0.4 is 0 Å². The highest BCUT2D eigenvalue weighted by atomic mass is 14.1. The van der Waals surface area contributed by atoms with E-state index in [2.05, 4.69) is 48.2 Å². The van der Waals surface area contributed by atoms with E-state index in [1.165, 1.54) is 12.0 Å². The molecule has 1 aliphatic rings. The number of benzene rings is 1. The fourth-order valence-corrected chi connectivity index (χ4v) is 1.58. The summed E-state index contributed by atoms with van der Waals surface area (Å²) in [6, 6.07) is 10.6. The van der Waals surface area contributed by atoms with Crippen LogP contribution in [-0.4, -0.2) is 0 Å². The second-order valence-corrected chi connectivity index (χ2v) is 3.13. The molecule has 0 spiro atoms. The van der Waals surface area contributed by atoms with Gasteiger partial charge in [0.15, 0.2) is 0 Å². The van der Waals surface area contributed by atoms with E-state index in [9.17, 15) is 0 Å². The van der Waals surface area contributed by atoms with Gasteiger partial charge in [0.2, 0.25) is 0 Å². The molecule has 0 heteroatoms. The van der Waals surface area contributed by atoms with Crippen molar-refractivity contribution in [1.82, 2.24) is 0 Å². The molecule has 0 aromatic heterocycles. The average molecular weight is 156 g/mol. The van der Waals surface area contributed by atoms with E-state index in [0.717, 1.165) is 6.42 Å². The maximum absolute atomic E-state index is 3.18. The van der Waals surface area contributed by atoms with Gasteiger partial charge in [0.05, 0.1) is 0 Å². The molecule has 1 aliphatic carbocycles. The highest BCUT2D eigenvalue weighted by Gasteiger charge is 2.07. The Bertz CT molecular complexity index is 302. The van der Waals surface area contributed by atoms with Crippen molar-refractivity contribution >= 4 is 0 Å². The monoisotopic (exact) mass is 156 g/mol. The second-order valence-electron chi connectivity index (χ2n) is 3.13. The van der Waals surface area contributed by atoms with Crippen molar-refractivity contribution in [3.63, 3.8) is 0 Å². The van der Waals surface area contributed by atoms with Crippen LogP contribution in [0, 0.1) is 0 Å². The average Bonchev–Trinajstić information content (AvgIpc) is 2.21. The van der Waals surface area contributed by atoms with Crippen LogP contribution >= 0.6 is 0 Å². The molecule has 0 N–H and O–H groups in total. The van der Waals surface area contributed by atoms with E-state index < -0.39 is 0 Å². The second kappa shape index (κ2) is 3.42. The first-order valence-corrected chi connectivity index (χ1v) is 4.43. The summed E-state index contributed by atoms with van der Waals surface area (Å²) in [7, 11) is 0. The van der Waals surface area contributed by atoms with Crippen LogP contribution in [0.3, 0.4) is 0 Å². The van der Waals surface area contributed by atoms with Gasteiger partial charge in [-0.3, -0.25) is 0 Å². The van der Waals surface area contributed by atoms with E-state index >= 15 is 0 Å². The molecule has 0 heterocycles. The zero-order valence-electron chi connectivity index (χ0n) is 7.03. The van der Waals surface area contributed by atoms with Crippen molar-refractivity contribution in [2.45, 2.75) is 18.8 Å². The molecule has 0 fully saturated rings. The van der Waals surface area contributed by atoms with E-state index in [1.54, 1.807) is 0 Å². The molecule has 0 nitrogen and oxygen atoms in total. The minimum Gasteiger partial charge on any atom is -0.129 e. The van der Waals surface area contributed by atoms with Crippen molar-refractivity contribution < 1.29 is 0 Å². The van der Waals surface area contributed by atoms with E-state index in [-0.39, 0.29) is 0 Å². The molecule has 0 radical (unpaired) electrons. The molecular formula is C12H12. The first-order chi connectivity index (χ1) is 5.97. The van der Waals surface area contributed by atoms with Crippen LogP contribution in [0.1, 0.15) is 24.3 Å². The highest BCUT2D eigenvalue weighted by molar-refractivity contribution is 5.24. The number of allylic oxidation sites excluding steroid dienone is 1. The van der Waals surface area contributed by atoms with Gasteiger partial charge < -0.3 is 0 Å². The van der Waals surface area contributed by atoms with E-state index in [1.807, 2.05) is 0 Å². The summed E-state index contributed by atoms with van der Waals surface area (Å²) >= 11 is 0. The van der Waals surface area contributed by atoms with Crippen LogP contribution in [0.15, 0.2) is 48.2 Å². The normalized spacial score (nSPS) is 21.2. The summed E-state index contributed by atoms with van der Waals surface area (Å²) in [5, 5.41) is 0. The summed E-state index contributed by atoms with van der Waals surface area (Å²) in [6.07, 6.45) is 6.67. The fraction of sp³-hybridized carbons (Fsp3) is 0.250. The Morgan fingerprint density at radius 1 is 1.17 bits per heavy atom. The Morgan fingerprint density at radius 3 is 2.67 bits per heavy atom. The molecule has 0 bridgehead atoms. The van der Waals surface area contributed by atoms with Gasteiger partial charge in [-0.05, 0) is 30.6 Å². The first kappa shape index (κ1) is 7.39. The Labute approximate surface area is 73.2 Å². The Balaban J connectivity index is 2.26. The van der Waals surface area contributed by atoms with Crippen LogP contribution in [-0.2, 0) is 0 Å². The van der Waals surface area contributed by atoms with Gasteiger partial charge in [0, 0.05) is 5.92 Å². The summed E-state index contributed by atoms with van der Waals surface area (Å²) in [4.78, 5) is 0. The molecule has 1 aromatic carbocycles. The zero-order valence-corrected chi connectivity index (χ0v) is 7.03. The topological polar surface area (TPSA) is 0 Å². The first-order valence-electron chi connectivity index (χ1n) is 4.43. The third kappa shape index (κ3) is 1.49. The predicted octanol–water partition coefficient (Wildman–Crippen LogP) is 3.28. The standard InChI is InChI=1S/C12H12/c1-3-7-11(8-4-1)12-9-5-2-6-10-12/h1-4,7-8,10,12H,5,9H2. The van der Waals surface area contributed by atoms with Gasteiger partial charge in [0.25, 0.3) is 0 Å². The summed E-state index contributed by atoms with van der Waals surface area (Å²) in [5.41, 5.74) is 4.60.